The summed E-state index contributed by atoms with van der Waals surface area (Å²) in [6.07, 6.45) is 7.82. The first-order valence-electron chi connectivity index (χ1n) is 7.31. The zero-order valence-electron chi connectivity index (χ0n) is 11.4. The van der Waals surface area contributed by atoms with Gasteiger partial charge in [-0.25, -0.2) is 0 Å². The van der Waals surface area contributed by atoms with Gasteiger partial charge < -0.3 is 5.32 Å². The third kappa shape index (κ3) is 3.12. The average Bonchev–Trinajstić information content (AvgIpc) is 3.16. The number of halogens is 2. The van der Waals surface area contributed by atoms with Gasteiger partial charge in [-0.1, -0.05) is 42.5 Å². The molecule has 0 spiro atoms. The van der Waals surface area contributed by atoms with Gasteiger partial charge in [0.25, 0.3) is 5.91 Å². The highest BCUT2D eigenvalue weighted by Gasteiger charge is 2.41. The van der Waals surface area contributed by atoms with Crippen molar-refractivity contribution in [1.29, 1.82) is 0 Å². The van der Waals surface area contributed by atoms with Gasteiger partial charge in [-0.05, 0) is 48.8 Å². The Hall–Kier alpha value is -0.730. The van der Waals surface area contributed by atoms with Crippen LogP contribution in [-0.2, 0) is 0 Å². The van der Waals surface area contributed by atoms with Gasteiger partial charge in [0.05, 0.1) is 10.6 Å². The predicted octanol–water partition coefficient (Wildman–Crippen LogP) is 4.69. The Balaban J connectivity index is 1.60. The fourth-order valence-corrected chi connectivity index (χ4v) is 3.60. The Kier molecular flexibility index (Phi) is 3.96. The predicted molar refractivity (Wildman–Crippen MR) is 82.4 cm³/mol. The second-order valence-electron chi connectivity index (χ2n) is 6.31. The number of carbonyl (C=O) groups excluding carboxylic acids is 1. The Morgan fingerprint density at radius 3 is 2.60 bits per heavy atom. The molecule has 4 heteroatoms. The zero-order chi connectivity index (χ0) is 14.2. The summed E-state index contributed by atoms with van der Waals surface area (Å²) >= 11 is 11.9. The van der Waals surface area contributed by atoms with Crippen LogP contribution < -0.4 is 5.32 Å². The molecule has 2 aliphatic carbocycles. The Morgan fingerprint density at radius 1 is 1.30 bits per heavy atom. The molecule has 0 unspecified atom stereocenters. The lowest BCUT2D eigenvalue weighted by molar-refractivity contribution is 0.0814. The largest absolute Gasteiger partial charge is 0.351 e. The van der Waals surface area contributed by atoms with Crippen LogP contribution in [0, 0.1) is 11.3 Å². The van der Waals surface area contributed by atoms with E-state index in [0.29, 0.717) is 21.0 Å². The molecule has 2 aliphatic rings. The van der Waals surface area contributed by atoms with Crippen molar-refractivity contribution in [2.75, 3.05) is 6.54 Å². The summed E-state index contributed by atoms with van der Waals surface area (Å²) in [5, 5.41) is 4.04. The second kappa shape index (κ2) is 5.57. The third-order valence-corrected chi connectivity index (χ3v) is 5.18. The first-order valence-corrected chi connectivity index (χ1v) is 8.07. The first kappa shape index (κ1) is 14.2. The van der Waals surface area contributed by atoms with Crippen molar-refractivity contribution in [2.24, 2.45) is 11.3 Å². The van der Waals surface area contributed by atoms with Crippen LogP contribution in [-0.4, -0.2) is 12.5 Å². The van der Waals surface area contributed by atoms with Gasteiger partial charge in [-0.2, -0.15) is 0 Å². The minimum Gasteiger partial charge on any atom is -0.351 e. The molecule has 1 amide bonds. The monoisotopic (exact) mass is 311 g/mol. The van der Waals surface area contributed by atoms with Crippen LogP contribution in [0.3, 0.4) is 0 Å². The van der Waals surface area contributed by atoms with Gasteiger partial charge in [0, 0.05) is 11.6 Å². The number of nitrogens with one attached hydrogen (secondary N) is 1. The number of hydrogen-bond acceptors (Lipinski definition) is 1. The molecule has 108 valence electrons. The highest BCUT2D eigenvalue weighted by Crippen LogP contribution is 2.50. The van der Waals surface area contributed by atoms with Crippen molar-refractivity contribution in [3.8, 4) is 0 Å². The molecule has 1 aromatic carbocycles. The van der Waals surface area contributed by atoms with Gasteiger partial charge in [0.2, 0.25) is 0 Å². The number of carbonyl (C=O) groups is 1. The van der Waals surface area contributed by atoms with Crippen LogP contribution in [0.5, 0.6) is 0 Å². The number of benzene rings is 1. The first-order chi connectivity index (χ1) is 9.58. The SMILES string of the molecule is O=C(NCC1(CC2CC2)CCC1)c1ccc(Cl)cc1Cl. The summed E-state index contributed by atoms with van der Waals surface area (Å²) < 4.78 is 0. The quantitative estimate of drug-likeness (QED) is 0.839. The molecule has 2 saturated carbocycles. The Labute approximate surface area is 129 Å². The maximum absolute atomic E-state index is 12.2. The molecule has 2 fully saturated rings. The van der Waals surface area contributed by atoms with Crippen LogP contribution in [0.15, 0.2) is 18.2 Å². The summed E-state index contributed by atoms with van der Waals surface area (Å²) in [4.78, 5) is 12.2. The molecule has 0 aliphatic heterocycles. The highest BCUT2D eigenvalue weighted by atomic mass is 35.5. The van der Waals surface area contributed by atoms with Crippen molar-refractivity contribution in [3.63, 3.8) is 0 Å². The standard InChI is InChI=1S/C16H19Cl2NO/c17-12-4-5-13(14(18)8-12)15(20)19-10-16(6-1-7-16)9-11-2-3-11/h4-5,8,11H,1-3,6-7,9-10H2,(H,19,20). The molecule has 3 rings (SSSR count). The molecule has 1 N–H and O–H groups in total. The molecule has 1 aromatic rings. The number of hydrogen-bond donors (Lipinski definition) is 1. The summed E-state index contributed by atoms with van der Waals surface area (Å²) in [5.74, 6) is 0.820. The maximum atomic E-state index is 12.2. The molecule has 0 radical (unpaired) electrons. The molecule has 0 aromatic heterocycles. The van der Waals surface area contributed by atoms with Crippen LogP contribution in [0.1, 0.15) is 48.9 Å². The Morgan fingerprint density at radius 2 is 2.05 bits per heavy atom. The van der Waals surface area contributed by atoms with E-state index in [1.807, 2.05) is 0 Å². The van der Waals surface area contributed by atoms with Crippen molar-refractivity contribution in [1.82, 2.24) is 5.32 Å². The van der Waals surface area contributed by atoms with E-state index in [-0.39, 0.29) is 5.91 Å². The van der Waals surface area contributed by atoms with E-state index in [9.17, 15) is 4.79 Å². The van der Waals surface area contributed by atoms with E-state index in [4.69, 9.17) is 23.2 Å². The molecule has 0 bridgehead atoms. The number of rotatable bonds is 5. The van der Waals surface area contributed by atoms with Crippen molar-refractivity contribution in [3.05, 3.63) is 33.8 Å². The van der Waals surface area contributed by atoms with Gasteiger partial charge in [-0.3, -0.25) is 4.79 Å². The summed E-state index contributed by atoms with van der Waals surface area (Å²) in [6, 6.07) is 5.00. The van der Waals surface area contributed by atoms with Crippen LogP contribution in [0.2, 0.25) is 10.0 Å². The lowest BCUT2D eigenvalue weighted by atomic mass is 9.65. The van der Waals surface area contributed by atoms with E-state index in [1.54, 1.807) is 18.2 Å². The molecule has 20 heavy (non-hydrogen) atoms. The van der Waals surface area contributed by atoms with E-state index >= 15 is 0 Å². The lowest BCUT2D eigenvalue weighted by Crippen LogP contribution is -2.42. The number of amides is 1. The van der Waals surface area contributed by atoms with Crippen LogP contribution in [0.25, 0.3) is 0 Å². The van der Waals surface area contributed by atoms with E-state index in [0.717, 1.165) is 12.5 Å². The third-order valence-electron chi connectivity index (χ3n) is 4.63. The minimum atomic E-state index is -0.0891. The smallest absolute Gasteiger partial charge is 0.252 e. The fraction of sp³-hybridized carbons (Fsp3) is 0.562. The van der Waals surface area contributed by atoms with Crippen LogP contribution in [0.4, 0.5) is 0 Å². The van der Waals surface area contributed by atoms with Gasteiger partial charge in [-0.15, -0.1) is 0 Å². The van der Waals surface area contributed by atoms with E-state index in [1.165, 1.54) is 38.5 Å². The van der Waals surface area contributed by atoms with Crippen molar-refractivity contribution >= 4 is 29.1 Å². The highest BCUT2D eigenvalue weighted by molar-refractivity contribution is 6.36. The summed E-state index contributed by atoms with van der Waals surface area (Å²) in [5.41, 5.74) is 0.868. The fourth-order valence-electron chi connectivity index (χ4n) is 3.10. The lowest BCUT2D eigenvalue weighted by Gasteiger charge is -2.42. The molecular formula is C16H19Cl2NO. The van der Waals surface area contributed by atoms with Crippen LogP contribution >= 0.6 is 23.2 Å². The second-order valence-corrected chi connectivity index (χ2v) is 7.15. The average molecular weight is 312 g/mol. The molecule has 2 nitrogen and oxygen atoms in total. The minimum absolute atomic E-state index is 0.0891. The topological polar surface area (TPSA) is 29.1 Å². The van der Waals surface area contributed by atoms with E-state index in [2.05, 4.69) is 5.32 Å². The normalized spacial score (nSPS) is 20.3. The van der Waals surface area contributed by atoms with Crippen molar-refractivity contribution < 1.29 is 4.79 Å². The summed E-state index contributed by atoms with van der Waals surface area (Å²) in [6.45, 7) is 0.779. The van der Waals surface area contributed by atoms with E-state index < -0.39 is 0 Å². The van der Waals surface area contributed by atoms with Gasteiger partial charge >= 0.3 is 0 Å². The molecule has 0 heterocycles. The zero-order valence-corrected chi connectivity index (χ0v) is 12.9. The van der Waals surface area contributed by atoms with Gasteiger partial charge in [0.1, 0.15) is 0 Å². The molecule has 0 atom stereocenters. The summed E-state index contributed by atoms with van der Waals surface area (Å²) in [7, 11) is 0. The van der Waals surface area contributed by atoms with Gasteiger partial charge in [0.15, 0.2) is 0 Å². The van der Waals surface area contributed by atoms with Crippen molar-refractivity contribution in [2.45, 2.75) is 38.5 Å². The maximum Gasteiger partial charge on any atom is 0.252 e. The Bertz CT molecular complexity index is 521. The molecule has 0 saturated heterocycles. The molecular weight excluding hydrogens is 293 g/mol.